The molecule has 7 heteroatoms. The van der Waals surface area contributed by atoms with Crippen LogP contribution in [0.25, 0.3) is 22.7 Å². The molecule has 0 radical (unpaired) electrons. The summed E-state index contributed by atoms with van der Waals surface area (Å²) in [6, 6.07) is 20.4. The van der Waals surface area contributed by atoms with E-state index in [4.69, 9.17) is 9.72 Å². The van der Waals surface area contributed by atoms with E-state index in [1.54, 1.807) is 18.9 Å². The first-order valence-electron chi connectivity index (χ1n) is 10.4. The standard InChI is InChI=1S/C25H23N5OS/c1-17-10-12-20(13-11-17)30-24(21-8-4-5-9-22(21)31-3)27-28-25(30)32-16-19-15-29-14-6-7-18(2)23(29)26-19/h4-15H,16H2,1-3H3. The quantitative estimate of drug-likeness (QED) is 0.326. The number of fused-ring (bicyclic) bond motifs is 1. The monoisotopic (exact) mass is 441 g/mol. The van der Waals surface area contributed by atoms with Gasteiger partial charge in [0, 0.05) is 23.8 Å². The highest BCUT2D eigenvalue weighted by Gasteiger charge is 2.19. The van der Waals surface area contributed by atoms with Crippen molar-refractivity contribution >= 4 is 17.4 Å². The SMILES string of the molecule is COc1ccccc1-c1nnc(SCc2cn3cccc(C)c3n2)n1-c1ccc(C)cc1. The minimum absolute atomic E-state index is 0.692. The van der Waals surface area contributed by atoms with Crippen molar-refractivity contribution in [2.75, 3.05) is 7.11 Å². The second-order valence-electron chi connectivity index (χ2n) is 7.62. The number of rotatable bonds is 6. The van der Waals surface area contributed by atoms with Crippen molar-refractivity contribution < 1.29 is 4.74 Å². The number of pyridine rings is 1. The Kier molecular flexibility index (Phi) is 5.41. The van der Waals surface area contributed by atoms with Crippen LogP contribution >= 0.6 is 11.8 Å². The van der Waals surface area contributed by atoms with Crippen molar-refractivity contribution in [1.82, 2.24) is 24.1 Å². The highest BCUT2D eigenvalue weighted by atomic mass is 32.2. The van der Waals surface area contributed by atoms with Gasteiger partial charge >= 0.3 is 0 Å². The van der Waals surface area contributed by atoms with Crippen molar-refractivity contribution in [3.63, 3.8) is 0 Å². The van der Waals surface area contributed by atoms with Gasteiger partial charge in [0.25, 0.3) is 0 Å². The van der Waals surface area contributed by atoms with E-state index in [2.05, 4.69) is 69.5 Å². The molecule has 32 heavy (non-hydrogen) atoms. The summed E-state index contributed by atoms with van der Waals surface area (Å²) in [6.07, 6.45) is 4.10. The van der Waals surface area contributed by atoms with Crippen molar-refractivity contribution in [3.8, 4) is 22.8 Å². The number of ether oxygens (including phenoxy) is 1. The molecule has 3 aromatic heterocycles. The molecular weight excluding hydrogens is 418 g/mol. The fourth-order valence-electron chi connectivity index (χ4n) is 3.71. The average molecular weight is 442 g/mol. The number of aromatic nitrogens is 5. The van der Waals surface area contributed by atoms with Crippen LogP contribution in [0.5, 0.6) is 5.75 Å². The highest BCUT2D eigenvalue weighted by Crippen LogP contribution is 2.34. The first kappa shape index (κ1) is 20.3. The summed E-state index contributed by atoms with van der Waals surface area (Å²) in [5, 5.41) is 9.90. The summed E-state index contributed by atoms with van der Waals surface area (Å²) in [5.74, 6) is 2.21. The second-order valence-corrected chi connectivity index (χ2v) is 8.56. The highest BCUT2D eigenvalue weighted by molar-refractivity contribution is 7.98. The zero-order chi connectivity index (χ0) is 22.1. The van der Waals surface area contributed by atoms with Crippen molar-refractivity contribution in [2.24, 2.45) is 0 Å². The molecule has 0 N–H and O–H groups in total. The minimum atomic E-state index is 0.692. The molecule has 0 bridgehead atoms. The minimum Gasteiger partial charge on any atom is -0.496 e. The molecule has 0 atom stereocenters. The van der Waals surface area contributed by atoms with E-state index in [1.807, 2.05) is 36.5 Å². The molecule has 0 unspecified atom stereocenters. The van der Waals surface area contributed by atoms with Crippen LogP contribution in [-0.4, -0.2) is 31.3 Å². The van der Waals surface area contributed by atoms with Gasteiger partial charge < -0.3 is 9.14 Å². The second kappa shape index (κ2) is 8.51. The molecule has 0 aliphatic carbocycles. The zero-order valence-corrected chi connectivity index (χ0v) is 19.0. The third-order valence-corrected chi connectivity index (χ3v) is 6.31. The maximum atomic E-state index is 5.59. The molecule has 5 rings (SSSR count). The van der Waals surface area contributed by atoms with Crippen LogP contribution in [0, 0.1) is 13.8 Å². The van der Waals surface area contributed by atoms with E-state index in [0.717, 1.165) is 44.9 Å². The molecule has 6 nitrogen and oxygen atoms in total. The normalized spacial score (nSPS) is 11.2. The first-order chi connectivity index (χ1) is 15.6. The predicted molar refractivity (Wildman–Crippen MR) is 128 cm³/mol. The molecule has 5 aromatic rings. The van der Waals surface area contributed by atoms with Crippen molar-refractivity contribution in [3.05, 3.63) is 89.9 Å². The predicted octanol–water partition coefficient (Wildman–Crippen LogP) is 5.50. The smallest absolute Gasteiger partial charge is 0.196 e. The molecular formula is C25H23N5OS. The van der Waals surface area contributed by atoms with Crippen LogP contribution in [0.15, 0.2) is 78.2 Å². The third kappa shape index (κ3) is 3.76. The van der Waals surface area contributed by atoms with Crippen LogP contribution < -0.4 is 4.74 Å². The van der Waals surface area contributed by atoms with Crippen molar-refractivity contribution in [1.29, 1.82) is 0 Å². The number of hydrogen-bond acceptors (Lipinski definition) is 5. The van der Waals surface area contributed by atoms with Crippen LogP contribution in [-0.2, 0) is 5.75 Å². The Morgan fingerprint density at radius 3 is 2.53 bits per heavy atom. The molecule has 0 saturated carbocycles. The van der Waals surface area contributed by atoms with Gasteiger partial charge in [-0.15, -0.1) is 10.2 Å². The summed E-state index contributed by atoms with van der Waals surface area (Å²) in [5.41, 5.74) is 6.26. The van der Waals surface area contributed by atoms with Gasteiger partial charge in [-0.05, 0) is 49.7 Å². The van der Waals surface area contributed by atoms with Crippen LogP contribution in [0.1, 0.15) is 16.8 Å². The summed E-state index contributed by atoms with van der Waals surface area (Å²) in [7, 11) is 1.67. The Bertz CT molecular complexity index is 1390. The third-order valence-electron chi connectivity index (χ3n) is 5.35. The van der Waals surface area contributed by atoms with Gasteiger partial charge in [-0.3, -0.25) is 4.57 Å². The van der Waals surface area contributed by atoms with E-state index in [1.165, 1.54) is 5.56 Å². The number of benzene rings is 2. The molecule has 0 fully saturated rings. The molecule has 3 heterocycles. The number of thioether (sulfide) groups is 1. The van der Waals surface area contributed by atoms with Crippen LogP contribution in [0.3, 0.4) is 0 Å². The lowest BCUT2D eigenvalue weighted by atomic mass is 10.1. The van der Waals surface area contributed by atoms with Crippen LogP contribution in [0.2, 0.25) is 0 Å². The molecule has 0 saturated heterocycles. The van der Waals surface area contributed by atoms with E-state index < -0.39 is 0 Å². The lowest BCUT2D eigenvalue weighted by Gasteiger charge is -2.12. The van der Waals surface area contributed by atoms with Crippen LogP contribution in [0.4, 0.5) is 0 Å². The average Bonchev–Trinajstić information content (AvgIpc) is 3.43. The lowest BCUT2D eigenvalue weighted by molar-refractivity contribution is 0.416. The maximum absolute atomic E-state index is 5.59. The maximum Gasteiger partial charge on any atom is 0.196 e. The molecule has 0 aliphatic heterocycles. The number of methoxy groups -OCH3 is 1. The molecule has 0 spiro atoms. The summed E-state index contributed by atoms with van der Waals surface area (Å²) in [4.78, 5) is 4.80. The number of imidazole rings is 1. The van der Waals surface area contributed by atoms with Gasteiger partial charge in [0.15, 0.2) is 11.0 Å². The Morgan fingerprint density at radius 1 is 0.938 bits per heavy atom. The van der Waals surface area contributed by atoms with Crippen molar-refractivity contribution in [2.45, 2.75) is 24.8 Å². The Labute approximate surface area is 190 Å². The molecule has 2 aromatic carbocycles. The number of hydrogen-bond donors (Lipinski definition) is 0. The first-order valence-corrected chi connectivity index (χ1v) is 11.3. The van der Waals surface area contributed by atoms with E-state index in [9.17, 15) is 0 Å². The van der Waals surface area contributed by atoms with E-state index >= 15 is 0 Å². The van der Waals surface area contributed by atoms with Gasteiger partial charge in [0.2, 0.25) is 0 Å². The largest absolute Gasteiger partial charge is 0.496 e. The summed E-state index contributed by atoms with van der Waals surface area (Å²) in [6.45, 7) is 4.16. The fourth-order valence-corrected chi connectivity index (χ4v) is 4.54. The molecule has 160 valence electrons. The summed E-state index contributed by atoms with van der Waals surface area (Å²) < 4.78 is 9.74. The van der Waals surface area contributed by atoms with Gasteiger partial charge in [-0.25, -0.2) is 4.98 Å². The Morgan fingerprint density at radius 2 is 1.75 bits per heavy atom. The van der Waals surface area contributed by atoms with E-state index in [0.29, 0.717) is 5.75 Å². The number of aryl methyl sites for hydroxylation is 2. The summed E-state index contributed by atoms with van der Waals surface area (Å²) >= 11 is 1.62. The van der Waals surface area contributed by atoms with Gasteiger partial charge in [0.05, 0.1) is 18.4 Å². The Hall–Kier alpha value is -3.58. The molecule has 0 amide bonds. The van der Waals surface area contributed by atoms with Gasteiger partial charge in [-0.1, -0.05) is 47.7 Å². The zero-order valence-electron chi connectivity index (χ0n) is 18.2. The van der Waals surface area contributed by atoms with Gasteiger partial charge in [0.1, 0.15) is 11.4 Å². The van der Waals surface area contributed by atoms with Gasteiger partial charge in [-0.2, -0.15) is 0 Å². The molecule has 0 aliphatic rings. The van der Waals surface area contributed by atoms with E-state index in [-0.39, 0.29) is 0 Å². The Balaban J connectivity index is 1.55. The lowest BCUT2D eigenvalue weighted by Crippen LogP contribution is -2.01. The fraction of sp³-hybridized carbons (Fsp3) is 0.160. The topological polar surface area (TPSA) is 57.2 Å². The number of para-hydroxylation sites is 1. The number of nitrogens with zero attached hydrogens (tertiary/aromatic N) is 5.